The van der Waals surface area contributed by atoms with Gasteiger partial charge in [0.15, 0.2) is 11.6 Å². The van der Waals surface area contributed by atoms with Crippen LogP contribution in [0.15, 0.2) is 23.2 Å². The largest absolute Gasteiger partial charge is 0.494 e. The van der Waals surface area contributed by atoms with E-state index in [1.165, 1.54) is 13.2 Å². The molecule has 15 heavy (non-hydrogen) atoms. The van der Waals surface area contributed by atoms with Crippen LogP contribution in [0.25, 0.3) is 0 Å². The van der Waals surface area contributed by atoms with Crippen molar-refractivity contribution >= 4 is 6.02 Å². The van der Waals surface area contributed by atoms with Gasteiger partial charge in [-0.2, -0.15) is 0 Å². The molecule has 1 aromatic carbocycles. The second-order valence-corrected chi connectivity index (χ2v) is 3.19. The summed E-state index contributed by atoms with van der Waals surface area (Å²) in [6.45, 7) is 0.359. The minimum absolute atomic E-state index is 0.149. The molecular weight excluding hydrogens is 199 g/mol. The average molecular weight is 210 g/mol. The number of methoxy groups -OCH3 is 1. The third kappa shape index (κ3) is 1.86. The Balaban J connectivity index is 2.27. The van der Waals surface area contributed by atoms with E-state index in [2.05, 4.69) is 4.99 Å². The molecule has 1 heterocycles. The number of halogens is 1. The quantitative estimate of drug-likeness (QED) is 0.798. The number of nitrogens with two attached hydrogens (primary N) is 1. The topological polar surface area (TPSA) is 56.8 Å². The Hall–Kier alpha value is -1.78. The average Bonchev–Trinajstić information content (AvgIpc) is 2.65. The molecule has 1 aliphatic heterocycles. The summed E-state index contributed by atoms with van der Waals surface area (Å²) in [6.07, 6.45) is 0. The highest BCUT2D eigenvalue weighted by atomic mass is 19.1. The number of nitrogens with zero attached hydrogens (tertiary/aromatic N) is 1. The van der Waals surface area contributed by atoms with Gasteiger partial charge in [0.1, 0.15) is 12.6 Å². The molecule has 5 heteroatoms. The second kappa shape index (κ2) is 3.76. The van der Waals surface area contributed by atoms with Crippen molar-refractivity contribution in [2.24, 2.45) is 10.7 Å². The van der Waals surface area contributed by atoms with E-state index in [1.807, 2.05) is 0 Å². The molecule has 0 saturated heterocycles. The Morgan fingerprint density at radius 2 is 2.40 bits per heavy atom. The maximum Gasteiger partial charge on any atom is 0.282 e. The molecule has 4 nitrogen and oxygen atoms in total. The van der Waals surface area contributed by atoms with Crippen molar-refractivity contribution in [1.82, 2.24) is 0 Å². The molecule has 0 aromatic heterocycles. The van der Waals surface area contributed by atoms with Gasteiger partial charge in [0.25, 0.3) is 6.02 Å². The van der Waals surface area contributed by atoms with Gasteiger partial charge >= 0.3 is 0 Å². The first kappa shape index (κ1) is 9.76. The molecule has 2 rings (SSSR count). The fourth-order valence-corrected chi connectivity index (χ4v) is 1.45. The van der Waals surface area contributed by atoms with Crippen LogP contribution < -0.4 is 10.5 Å². The Morgan fingerprint density at radius 1 is 1.60 bits per heavy atom. The lowest BCUT2D eigenvalue weighted by Crippen LogP contribution is -2.10. The standard InChI is InChI=1S/C10H11FN2O2/c1-14-9-3-2-6(4-7(9)11)8-5-15-10(12)13-8/h2-4,8H,5H2,1H3,(H2,12,13). The number of rotatable bonds is 2. The molecule has 1 unspecified atom stereocenters. The smallest absolute Gasteiger partial charge is 0.282 e. The lowest BCUT2D eigenvalue weighted by atomic mass is 10.1. The van der Waals surface area contributed by atoms with Gasteiger partial charge in [-0.3, -0.25) is 0 Å². The Morgan fingerprint density at radius 3 is 2.93 bits per heavy atom. The Labute approximate surface area is 86.5 Å². The highest BCUT2D eigenvalue weighted by molar-refractivity contribution is 5.73. The molecule has 1 atom stereocenters. The number of hydrogen-bond donors (Lipinski definition) is 1. The fraction of sp³-hybridized carbons (Fsp3) is 0.300. The minimum atomic E-state index is -0.407. The van der Waals surface area contributed by atoms with Crippen LogP contribution in [0.4, 0.5) is 4.39 Å². The van der Waals surface area contributed by atoms with Gasteiger partial charge in [0, 0.05) is 0 Å². The van der Waals surface area contributed by atoms with Gasteiger partial charge in [0.05, 0.1) is 7.11 Å². The minimum Gasteiger partial charge on any atom is -0.494 e. The number of hydrogen-bond acceptors (Lipinski definition) is 4. The van der Waals surface area contributed by atoms with Gasteiger partial charge in [-0.05, 0) is 17.7 Å². The molecule has 0 aliphatic carbocycles. The van der Waals surface area contributed by atoms with Gasteiger partial charge in [-0.15, -0.1) is 0 Å². The SMILES string of the molecule is COc1ccc(C2COC(N)=N2)cc1F. The van der Waals surface area contributed by atoms with Crippen LogP contribution in [0.3, 0.4) is 0 Å². The van der Waals surface area contributed by atoms with Gasteiger partial charge in [-0.25, -0.2) is 9.38 Å². The van der Waals surface area contributed by atoms with Crippen molar-refractivity contribution in [3.8, 4) is 5.75 Å². The summed E-state index contributed by atoms with van der Waals surface area (Å²) in [7, 11) is 1.42. The summed E-state index contributed by atoms with van der Waals surface area (Å²) in [5.41, 5.74) is 6.10. The number of benzene rings is 1. The predicted octanol–water partition coefficient (Wildman–Crippen LogP) is 1.22. The molecule has 0 bridgehead atoms. The first-order valence-electron chi connectivity index (χ1n) is 4.50. The van der Waals surface area contributed by atoms with Crippen molar-refractivity contribution in [3.63, 3.8) is 0 Å². The van der Waals surface area contributed by atoms with E-state index in [0.29, 0.717) is 6.61 Å². The summed E-state index contributed by atoms with van der Waals surface area (Å²) >= 11 is 0. The van der Waals surface area contributed by atoms with E-state index in [0.717, 1.165) is 5.56 Å². The maximum absolute atomic E-state index is 13.4. The summed E-state index contributed by atoms with van der Waals surface area (Å²) in [5.74, 6) is -0.190. The van der Waals surface area contributed by atoms with Crippen LogP contribution in [-0.2, 0) is 4.74 Å². The zero-order valence-corrected chi connectivity index (χ0v) is 8.24. The summed E-state index contributed by atoms with van der Waals surface area (Å²) in [5, 5.41) is 0. The van der Waals surface area contributed by atoms with Crippen molar-refractivity contribution in [2.75, 3.05) is 13.7 Å². The van der Waals surface area contributed by atoms with Crippen LogP contribution in [0, 0.1) is 5.82 Å². The van der Waals surface area contributed by atoms with Gasteiger partial charge in [-0.1, -0.05) is 6.07 Å². The van der Waals surface area contributed by atoms with E-state index >= 15 is 0 Å². The molecule has 0 amide bonds. The summed E-state index contributed by atoms with van der Waals surface area (Å²) in [4.78, 5) is 4.02. The first-order valence-corrected chi connectivity index (χ1v) is 4.50. The maximum atomic E-state index is 13.4. The van der Waals surface area contributed by atoms with E-state index in [1.54, 1.807) is 12.1 Å². The number of ether oxygens (including phenoxy) is 2. The normalized spacial score (nSPS) is 19.6. The Kier molecular flexibility index (Phi) is 2.45. The van der Waals surface area contributed by atoms with E-state index < -0.39 is 5.82 Å². The van der Waals surface area contributed by atoms with Crippen molar-refractivity contribution in [2.45, 2.75) is 6.04 Å². The first-order chi connectivity index (χ1) is 7.20. The van der Waals surface area contributed by atoms with E-state index in [4.69, 9.17) is 15.2 Å². The third-order valence-corrected chi connectivity index (χ3v) is 2.23. The van der Waals surface area contributed by atoms with Crippen LogP contribution >= 0.6 is 0 Å². The van der Waals surface area contributed by atoms with Crippen molar-refractivity contribution < 1.29 is 13.9 Å². The van der Waals surface area contributed by atoms with Crippen LogP contribution in [0.2, 0.25) is 0 Å². The third-order valence-electron chi connectivity index (χ3n) is 2.23. The zero-order valence-electron chi connectivity index (χ0n) is 8.24. The molecule has 80 valence electrons. The monoisotopic (exact) mass is 210 g/mol. The molecule has 0 saturated carbocycles. The van der Waals surface area contributed by atoms with Gasteiger partial charge in [0.2, 0.25) is 0 Å². The molecule has 0 fully saturated rings. The lowest BCUT2D eigenvalue weighted by Gasteiger charge is -2.07. The van der Waals surface area contributed by atoms with Crippen LogP contribution in [-0.4, -0.2) is 19.7 Å². The van der Waals surface area contributed by atoms with Crippen molar-refractivity contribution in [3.05, 3.63) is 29.6 Å². The van der Waals surface area contributed by atoms with Crippen LogP contribution in [0.5, 0.6) is 5.75 Å². The van der Waals surface area contributed by atoms with Crippen molar-refractivity contribution in [1.29, 1.82) is 0 Å². The predicted molar refractivity (Wildman–Crippen MR) is 53.3 cm³/mol. The van der Waals surface area contributed by atoms with Gasteiger partial charge < -0.3 is 15.2 Å². The molecular formula is C10H11FN2O2. The molecule has 0 spiro atoms. The second-order valence-electron chi connectivity index (χ2n) is 3.19. The molecule has 2 N–H and O–H groups in total. The highest BCUT2D eigenvalue weighted by Gasteiger charge is 2.19. The Bertz CT molecular complexity index is 406. The van der Waals surface area contributed by atoms with E-state index in [-0.39, 0.29) is 17.8 Å². The zero-order chi connectivity index (χ0) is 10.8. The number of amidine groups is 1. The highest BCUT2D eigenvalue weighted by Crippen LogP contribution is 2.26. The molecule has 1 aliphatic rings. The summed E-state index contributed by atoms with van der Waals surface area (Å²) < 4.78 is 23.2. The fourth-order valence-electron chi connectivity index (χ4n) is 1.45. The summed E-state index contributed by atoms with van der Waals surface area (Å²) in [6, 6.07) is 4.63. The molecule has 1 aromatic rings. The molecule has 0 radical (unpaired) electrons. The van der Waals surface area contributed by atoms with E-state index in [9.17, 15) is 4.39 Å². The van der Waals surface area contributed by atoms with Crippen LogP contribution in [0.1, 0.15) is 11.6 Å². The lowest BCUT2D eigenvalue weighted by molar-refractivity contribution is 0.314. The number of aliphatic imine (C=N–C) groups is 1.